The van der Waals surface area contributed by atoms with Crippen molar-refractivity contribution in [1.29, 1.82) is 0 Å². The van der Waals surface area contributed by atoms with Gasteiger partial charge in [0.2, 0.25) is 0 Å². The average Bonchev–Trinajstić information content (AvgIpc) is 2.55. The third-order valence-electron chi connectivity index (χ3n) is 1.37. The van der Waals surface area contributed by atoms with E-state index in [4.69, 9.17) is 0 Å². The van der Waals surface area contributed by atoms with Crippen LogP contribution in [0.25, 0.3) is 0 Å². The fourth-order valence-electron chi connectivity index (χ4n) is 0.752. The zero-order chi connectivity index (χ0) is 8.97. The Balaban J connectivity index is 2.34. The van der Waals surface area contributed by atoms with Crippen LogP contribution in [0.5, 0.6) is 0 Å². The van der Waals surface area contributed by atoms with Crippen molar-refractivity contribution >= 4 is 33.9 Å². The summed E-state index contributed by atoms with van der Waals surface area (Å²) in [5.74, 6) is 0.853. The van der Waals surface area contributed by atoms with E-state index in [-0.39, 0.29) is 11.2 Å². The van der Waals surface area contributed by atoms with Crippen molar-refractivity contribution in [2.75, 3.05) is 19.4 Å². The Morgan fingerprint density at radius 1 is 1.83 bits per heavy atom. The summed E-state index contributed by atoms with van der Waals surface area (Å²) in [6.07, 6.45) is 0. The molecule has 1 aliphatic heterocycles. The van der Waals surface area contributed by atoms with Gasteiger partial charge in [-0.15, -0.1) is 0 Å². The van der Waals surface area contributed by atoms with Gasteiger partial charge in [0.15, 0.2) is 0 Å². The Bertz CT molecular complexity index is 206. The monoisotopic (exact) mass is 205 g/mol. The van der Waals surface area contributed by atoms with Crippen molar-refractivity contribution in [1.82, 2.24) is 0 Å². The molecule has 1 heterocycles. The Hall–Kier alpha value is -0.160. The molecular weight excluding hydrogens is 194 g/mol. The second-order valence-electron chi connectivity index (χ2n) is 2.28. The van der Waals surface area contributed by atoms with E-state index in [1.54, 1.807) is 11.8 Å². The SMILES string of the molecule is COC(=O)[C@@H](C)SC1=NCCS1. The molecular formula is C7H11NO2S2. The maximum atomic E-state index is 11.0. The third-order valence-corrected chi connectivity index (χ3v) is 3.65. The maximum Gasteiger partial charge on any atom is 0.318 e. The van der Waals surface area contributed by atoms with Crippen LogP contribution < -0.4 is 0 Å². The minimum Gasteiger partial charge on any atom is -0.468 e. The number of carbonyl (C=O) groups excluding carboxylic acids is 1. The Kier molecular flexibility index (Phi) is 3.94. The molecule has 5 heteroatoms. The van der Waals surface area contributed by atoms with Crippen LogP contribution in [0.2, 0.25) is 0 Å². The van der Waals surface area contributed by atoms with E-state index in [9.17, 15) is 4.79 Å². The highest BCUT2D eigenvalue weighted by molar-refractivity contribution is 8.39. The van der Waals surface area contributed by atoms with Crippen molar-refractivity contribution in [3.05, 3.63) is 0 Å². The van der Waals surface area contributed by atoms with Crippen molar-refractivity contribution in [3.8, 4) is 0 Å². The number of aliphatic imine (C=N–C) groups is 1. The highest BCUT2D eigenvalue weighted by Crippen LogP contribution is 2.25. The first kappa shape index (κ1) is 9.92. The molecule has 0 saturated heterocycles. The molecule has 1 aliphatic rings. The average molecular weight is 205 g/mol. The van der Waals surface area contributed by atoms with Crippen LogP contribution in [0.1, 0.15) is 6.92 Å². The van der Waals surface area contributed by atoms with Crippen molar-refractivity contribution < 1.29 is 9.53 Å². The molecule has 3 nitrogen and oxygen atoms in total. The lowest BCUT2D eigenvalue weighted by Crippen LogP contribution is -2.15. The van der Waals surface area contributed by atoms with Crippen LogP contribution in [-0.4, -0.2) is 35.0 Å². The minimum atomic E-state index is -0.185. The quantitative estimate of drug-likeness (QED) is 0.638. The predicted octanol–water partition coefficient (Wildman–Crippen LogP) is 1.38. The molecule has 0 aliphatic carbocycles. The molecule has 0 spiro atoms. The summed E-state index contributed by atoms with van der Waals surface area (Å²) < 4.78 is 5.61. The molecule has 0 fully saturated rings. The molecule has 0 amide bonds. The third kappa shape index (κ3) is 2.71. The smallest absolute Gasteiger partial charge is 0.318 e. The molecule has 68 valence electrons. The maximum absolute atomic E-state index is 11.0. The van der Waals surface area contributed by atoms with Gasteiger partial charge in [0.1, 0.15) is 9.63 Å². The van der Waals surface area contributed by atoms with Gasteiger partial charge >= 0.3 is 5.97 Å². The van der Waals surface area contributed by atoms with Crippen LogP contribution in [0.3, 0.4) is 0 Å². The van der Waals surface area contributed by atoms with Crippen LogP contribution in [0.15, 0.2) is 4.99 Å². The predicted molar refractivity (Wildman–Crippen MR) is 53.8 cm³/mol. The number of hydrogen-bond acceptors (Lipinski definition) is 5. The summed E-state index contributed by atoms with van der Waals surface area (Å²) in [6, 6.07) is 0. The first-order valence-electron chi connectivity index (χ1n) is 3.65. The van der Waals surface area contributed by atoms with Gasteiger partial charge in [-0.05, 0) is 6.92 Å². The van der Waals surface area contributed by atoms with Gasteiger partial charge in [0.25, 0.3) is 0 Å². The summed E-state index contributed by atoms with van der Waals surface area (Å²) in [5, 5.41) is -0.139. The Labute approximate surface area is 80.3 Å². The number of carbonyl (C=O) groups is 1. The lowest BCUT2D eigenvalue weighted by molar-refractivity contribution is -0.139. The summed E-state index contributed by atoms with van der Waals surface area (Å²) >= 11 is 3.18. The van der Waals surface area contributed by atoms with E-state index in [0.717, 1.165) is 16.7 Å². The molecule has 0 saturated carbocycles. The highest BCUT2D eigenvalue weighted by Gasteiger charge is 2.18. The number of hydrogen-bond donors (Lipinski definition) is 0. The molecule has 0 aromatic rings. The zero-order valence-electron chi connectivity index (χ0n) is 7.07. The summed E-state index contributed by atoms with van der Waals surface area (Å²) in [5.41, 5.74) is 0. The largest absolute Gasteiger partial charge is 0.468 e. The van der Waals surface area contributed by atoms with Crippen molar-refractivity contribution in [2.45, 2.75) is 12.2 Å². The zero-order valence-corrected chi connectivity index (χ0v) is 8.70. The van der Waals surface area contributed by atoms with E-state index >= 15 is 0 Å². The standard InChI is InChI=1S/C7H11NO2S2/c1-5(6(9)10-2)12-7-8-3-4-11-7/h5H,3-4H2,1-2H3/t5-/m1/s1. The summed E-state index contributed by atoms with van der Waals surface area (Å²) in [7, 11) is 1.41. The minimum absolute atomic E-state index is 0.139. The highest BCUT2D eigenvalue weighted by atomic mass is 32.2. The molecule has 1 atom stereocenters. The van der Waals surface area contributed by atoms with Crippen LogP contribution >= 0.6 is 23.5 Å². The number of ether oxygens (including phenoxy) is 1. The Morgan fingerprint density at radius 2 is 2.58 bits per heavy atom. The van der Waals surface area contributed by atoms with Crippen LogP contribution in [0, 0.1) is 0 Å². The van der Waals surface area contributed by atoms with Crippen molar-refractivity contribution in [3.63, 3.8) is 0 Å². The van der Waals surface area contributed by atoms with Gasteiger partial charge in [-0.3, -0.25) is 9.79 Å². The Morgan fingerprint density at radius 3 is 3.08 bits per heavy atom. The molecule has 0 radical (unpaired) electrons. The second-order valence-corrected chi connectivity index (χ2v) is 4.95. The molecule has 0 aromatic heterocycles. The number of esters is 1. The van der Waals surface area contributed by atoms with Gasteiger partial charge in [-0.2, -0.15) is 0 Å². The second kappa shape index (κ2) is 4.77. The van der Waals surface area contributed by atoms with E-state index in [1.165, 1.54) is 18.9 Å². The van der Waals surface area contributed by atoms with Gasteiger partial charge < -0.3 is 4.74 Å². The number of thioether (sulfide) groups is 2. The normalized spacial score (nSPS) is 18.7. The number of nitrogens with zero attached hydrogens (tertiary/aromatic N) is 1. The van der Waals surface area contributed by atoms with Gasteiger partial charge in [-0.25, -0.2) is 0 Å². The summed E-state index contributed by atoms with van der Waals surface area (Å²) in [6.45, 7) is 2.71. The number of rotatable bonds is 2. The topological polar surface area (TPSA) is 38.7 Å². The first-order valence-corrected chi connectivity index (χ1v) is 5.52. The lowest BCUT2D eigenvalue weighted by atomic mass is 10.5. The molecule has 1 rings (SSSR count). The van der Waals surface area contributed by atoms with E-state index in [1.807, 2.05) is 6.92 Å². The van der Waals surface area contributed by atoms with Crippen molar-refractivity contribution in [2.24, 2.45) is 4.99 Å². The molecule has 0 unspecified atom stereocenters. The van der Waals surface area contributed by atoms with Gasteiger partial charge in [0.05, 0.1) is 13.7 Å². The molecule has 0 aromatic carbocycles. The lowest BCUT2D eigenvalue weighted by Gasteiger charge is -2.06. The van der Waals surface area contributed by atoms with Crippen LogP contribution in [0.4, 0.5) is 0 Å². The van der Waals surface area contributed by atoms with E-state index in [2.05, 4.69) is 9.73 Å². The molecule has 0 N–H and O–H groups in total. The van der Waals surface area contributed by atoms with Gasteiger partial charge in [0, 0.05) is 5.75 Å². The van der Waals surface area contributed by atoms with E-state index in [0.29, 0.717) is 0 Å². The molecule has 12 heavy (non-hydrogen) atoms. The fraction of sp³-hybridized carbons (Fsp3) is 0.714. The summed E-state index contributed by atoms with van der Waals surface area (Å²) in [4.78, 5) is 15.2. The van der Waals surface area contributed by atoms with Gasteiger partial charge in [-0.1, -0.05) is 23.5 Å². The fourth-order valence-corrected chi connectivity index (χ4v) is 2.91. The van der Waals surface area contributed by atoms with E-state index < -0.39 is 0 Å². The molecule has 0 bridgehead atoms. The first-order chi connectivity index (χ1) is 5.74. The van der Waals surface area contributed by atoms with Crippen LogP contribution in [-0.2, 0) is 9.53 Å². The number of methoxy groups -OCH3 is 1.